The zero-order valence-electron chi connectivity index (χ0n) is 12.7. The Kier molecular flexibility index (Phi) is 5.12. The van der Waals surface area contributed by atoms with Crippen LogP contribution < -0.4 is 4.90 Å². The Morgan fingerprint density at radius 3 is 1.61 bits per heavy atom. The second-order valence-corrected chi connectivity index (χ2v) is 6.05. The molecule has 0 radical (unpaired) electrons. The Morgan fingerprint density at radius 1 is 0.696 bits per heavy atom. The van der Waals surface area contributed by atoms with Crippen LogP contribution in [0.1, 0.15) is 5.56 Å². The minimum Gasteiger partial charge on any atom is -0.290 e. The van der Waals surface area contributed by atoms with Crippen LogP contribution in [0.3, 0.4) is 0 Å². The van der Waals surface area contributed by atoms with E-state index in [1.165, 1.54) is 17.3 Å². The van der Waals surface area contributed by atoms with E-state index in [1.807, 2.05) is 83.8 Å². The molecular formula is C20H18N2S. The molecule has 0 saturated carbocycles. The van der Waals surface area contributed by atoms with E-state index in [2.05, 4.69) is 12.1 Å². The number of thioether (sulfide) groups is 1. The van der Waals surface area contributed by atoms with E-state index in [0.717, 1.165) is 17.1 Å². The van der Waals surface area contributed by atoms with Crippen LogP contribution >= 0.6 is 11.8 Å². The zero-order chi connectivity index (χ0) is 15.9. The first-order valence-corrected chi connectivity index (χ1v) is 8.48. The minimum absolute atomic E-state index is 0.520. The van der Waals surface area contributed by atoms with Gasteiger partial charge in [-0.3, -0.25) is 10.3 Å². The largest absolute Gasteiger partial charge is 0.290 e. The molecular weight excluding hydrogens is 300 g/mol. The third-order valence-electron chi connectivity index (χ3n) is 3.45. The maximum atomic E-state index is 8.56. The molecule has 0 saturated heterocycles. The topological polar surface area (TPSA) is 27.1 Å². The lowest BCUT2D eigenvalue weighted by molar-refractivity contribution is 1.32. The van der Waals surface area contributed by atoms with Gasteiger partial charge < -0.3 is 0 Å². The van der Waals surface area contributed by atoms with E-state index in [-0.39, 0.29) is 0 Å². The van der Waals surface area contributed by atoms with E-state index in [0.29, 0.717) is 5.17 Å². The molecule has 3 aromatic carbocycles. The van der Waals surface area contributed by atoms with Crippen molar-refractivity contribution in [3.8, 4) is 0 Å². The summed E-state index contributed by atoms with van der Waals surface area (Å²) in [6, 6.07) is 30.4. The van der Waals surface area contributed by atoms with Gasteiger partial charge in [-0.05, 0) is 29.8 Å². The summed E-state index contributed by atoms with van der Waals surface area (Å²) in [7, 11) is 0. The van der Waals surface area contributed by atoms with Crippen LogP contribution in [-0.2, 0) is 5.75 Å². The van der Waals surface area contributed by atoms with Crippen molar-refractivity contribution in [2.75, 3.05) is 4.90 Å². The summed E-state index contributed by atoms with van der Waals surface area (Å²) in [5, 5.41) is 9.08. The number of hydrogen-bond acceptors (Lipinski definition) is 2. The Bertz CT molecular complexity index is 703. The van der Waals surface area contributed by atoms with Gasteiger partial charge in [-0.25, -0.2) is 0 Å². The Balaban J connectivity index is 1.82. The van der Waals surface area contributed by atoms with Crippen LogP contribution in [0.5, 0.6) is 0 Å². The monoisotopic (exact) mass is 318 g/mol. The number of para-hydroxylation sites is 2. The fraction of sp³-hybridized carbons (Fsp3) is 0.0500. The molecule has 114 valence electrons. The molecule has 0 bridgehead atoms. The first kappa shape index (κ1) is 15.4. The van der Waals surface area contributed by atoms with E-state index >= 15 is 0 Å². The molecule has 0 unspecified atom stereocenters. The van der Waals surface area contributed by atoms with Crippen LogP contribution in [0.2, 0.25) is 0 Å². The van der Waals surface area contributed by atoms with Gasteiger partial charge in [-0.15, -0.1) is 0 Å². The van der Waals surface area contributed by atoms with Crippen molar-refractivity contribution in [1.82, 2.24) is 0 Å². The molecule has 1 N–H and O–H groups in total. The lowest BCUT2D eigenvalue weighted by Gasteiger charge is -2.25. The van der Waals surface area contributed by atoms with E-state index in [4.69, 9.17) is 5.41 Å². The fourth-order valence-corrected chi connectivity index (χ4v) is 3.16. The highest BCUT2D eigenvalue weighted by atomic mass is 32.2. The number of amidine groups is 1. The van der Waals surface area contributed by atoms with Crippen molar-refractivity contribution >= 4 is 28.3 Å². The molecule has 0 heterocycles. The summed E-state index contributed by atoms with van der Waals surface area (Å²) in [5.41, 5.74) is 3.23. The van der Waals surface area contributed by atoms with E-state index in [1.54, 1.807) is 0 Å². The molecule has 0 amide bonds. The van der Waals surface area contributed by atoms with Gasteiger partial charge in [0.1, 0.15) is 0 Å². The fourth-order valence-electron chi connectivity index (χ4n) is 2.33. The molecule has 3 heteroatoms. The van der Waals surface area contributed by atoms with Gasteiger partial charge >= 0.3 is 0 Å². The number of rotatable bonds is 4. The maximum absolute atomic E-state index is 8.56. The predicted octanol–water partition coefficient (Wildman–Crippen LogP) is 5.69. The summed E-state index contributed by atoms with van der Waals surface area (Å²) in [6.07, 6.45) is 0. The summed E-state index contributed by atoms with van der Waals surface area (Å²) in [6.45, 7) is 0. The molecule has 0 fully saturated rings. The second kappa shape index (κ2) is 7.65. The summed E-state index contributed by atoms with van der Waals surface area (Å²) < 4.78 is 0. The molecule has 0 aliphatic carbocycles. The Morgan fingerprint density at radius 2 is 1.13 bits per heavy atom. The molecule has 0 spiro atoms. The Hall–Kier alpha value is -2.52. The maximum Gasteiger partial charge on any atom is 0.165 e. The molecule has 2 nitrogen and oxygen atoms in total. The van der Waals surface area contributed by atoms with Crippen LogP contribution in [-0.4, -0.2) is 5.17 Å². The third-order valence-corrected chi connectivity index (χ3v) is 4.38. The van der Waals surface area contributed by atoms with E-state index < -0.39 is 0 Å². The second-order valence-electron chi connectivity index (χ2n) is 5.09. The first-order valence-electron chi connectivity index (χ1n) is 7.50. The van der Waals surface area contributed by atoms with Crippen molar-refractivity contribution in [1.29, 1.82) is 5.41 Å². The van der Waals surface area contributed by atoms with Crippen molar-refractivity contribution in [3.63, 3.8) is 0 Å². The van der Waals surface area contributed by atoms with Gasteiger partial charge in [0.05, 0.1) is 0 Å². The quantitative estimate of drug-likeness (QED) is 0.494. The number of anilines is 2. The summed E-state index contributed by atoms with van der Waals surface area (Å²) >= 11 is 1.54. The van der Waals surface area contributed by atoms with Crippen molar-refractivity contribution in [2.45, 2.75) is 5.75 Å². The number of nitrogens with one attached hydrogen (secondary N) is 1. The predicted molar refractivity (Wildman–Crippen MR) is 100 cm³/mol. The molecule has 0 aliphatic heterocycles. The number of hydrogen-bond donors (Lipinski definition) is 1. The SMILES string of the molecule is N=C(SCc1ccccc1)N(c1ccccc1)c1ccccc1. The van der Waals surface area contributed by atoms with Crippen molar-refractivity contribution in [2.24, 2.45) is 0 Å². The summed E-state index contributed by atoms with van der Waals surface area (Å²) in [5.74, 6) is 0.788. The van der Waals surface area contributed by atoms with Gasteiger partial charge in [0.25, 0.3) is 0 Å². The molecule has 23 heavy (non-hydrogen) atoms. The van der Waals surface area contributed by atoms with Crippen LogP contribution in [0.4, 0.5) is 11.4 Å². The summed E-state index contributed by atoms with van der Waals surface area (Å²) in [4.78, 5) is 1.98. The third kappa shape index (κ3) is 4.02. The normalized spacial score (nSPS) is 10.3. The average Bonchev–Trinajstić information content (AvgIpc) is 2.63. The van der Waals surface area contributed by atoms with Crippen molar-refractivity contribution < 1.29 is 0 Å². The molecule has 3 aromatic rings. The van der Waals surface area contributed by atoms with Gasteiger partial charge in [0, 0.05) is 17.1 Å². The highest BCUT2D eigenvalue weighted by molar-refractivity contribution is 8.13. The highest BCUT2D eigenvalue weighted by Crippen LogP contribution is 2.29. The standard InChI is InChI=1S/C20H18N2S/c21-20(23-16-17-10-4-1-5-11-17)22(18-12-6-2-7-13-18)19-14-8-3-9-15-19/h1-15,21H,16H2. The smallest absolute Gasteiger partial charge is 0.165 e. The molecule has 0 aliphatic rings. The molecule has 0 aromatic heterocycles. The van der Waals surface area contributed by atoms with Gasteiger partial charge in [0.2, 0.25) is 0 Å². The van der Waals surface area contributed by atoms with Gasteiger partial charge in [-0.2, -0.15) is 0 Å². The number of nitrogens with zero attached hydrogens (tertiary/aromatic N) is 1. The van der Waals surface area contributed by atoms with Gasteiger partial charge in [0.15, 0.2) is 5.17 Å². The average molecular weight is 318 g/mol. The van der Waals surface area contributed by atoms with E-state index in [9.17, 15) is 0 Å². The van der Waals surface area contributed by atoms with Crippen LogP contribution in [0.25, 0.3) is 0 Å². The molecule has 0 atom stereocenters. The van der Waals surface area contributed by atoms with Crippen LogP contribution in [0, 0.1) is 5.41 Å². The lowest BCUT2D eigenvalue weighted by Crippen LogP contribution is -2.22. The van der Waals surface area contributed by atoms with Crippen molar-refractivity contribution in [3.05, 3.63) is 96.6 Å². The minimum atomic E-state index is 0.520. The first-order chi connectivity index (χ1) is 11.3. The highest BCUT2D eigenvalue weighted by Gasteiger charge is 2.14. The van der Waals surface area contributed by atoms with Gasteiger partial charge in [-0.1, -0.05) is 78.5 Å². The lowest BCUT2D eigenvalue weighted by atomic mass is 10.2. The Labute approximate surface area is 141 Å². The number of benzene rings is 3. The molecule has 3 rings (SSSR count). The zero-order valence-corrected chi connectivity index (χ0v) is 13.5. The van der Waals surface area contributed by atoms with Crippen LogP contribution in [0.15, 0.2) is 91.0 Å².